The van der Waals surface area contributed by atoms with Gasteiger partial charge in [-0.3, -0.25) is 8.42 Å². The van der Waals surface area contributed by atoms with Crippen molar-refractivity contribution < 1.29 is 101 Å². The summed E-state index contributed by atoms with van der Waals surface area (Å²) in [6, 6.07) is 11.5. The zero-order chi connectivity index (χ0) is 69.1. The van der Waals surface area contributed by atoms with Crippen molar-refractivity contribution >= 4 is 52.4 Å². The van der Waals surface area contributed by atoms with E-state index in [0.717, 1.165) is 101 Å². The van der Waals surface area contributed by atoms with Crippen LogP contribution in [-0.4, -0.2) is 145 Å². The van der Waals surface area contributed by atoms with Gasteiger partial charge in [-0.05, 0) is 254 Å². The van der Waals surface area contributed by atoms with Gasteiger partial charge >= 0.3 is 42.6 Å². The molecule has 2 aromatic carbocycles. The van der Waals surface area contributed by atoms with Gasteiger partial charge in [0, 0.05) is 83.4 Å². The molecule has 2 aliphatic heterocycles. The highest BCUT2D eigenvalue weighted by Gasteiger charge is 2.60. The Bertz CT molecular complexity index is 3020. The van der Waals surface area contributed by atoms with E-state index < -0.39 is 102 Å². The topological polar surface area (TPSA) is 187 Å². The molecule has 96 heavy (non-hydrogen) atoms. The van der Waals surface area contributed by atoms with Gasteiger partial charge in [-0.1, -0.05) is 26.0 Å². The molecule has 6 aliphatic carbocycles. The number of aliphatic hydroxyl groups is 2. The minimum Gasteiger partial charge on any atom is -0.444 e. The molecule has 3 N–H and O–H groups in total. The Morgan fingerprint density at radius 2 is 0.969 bits per heavy atom. The maximum absolute atomic E-state index is 13.3. The summed E-state index contributed by atoms with van der Waals surface area (Å²) in [4.78, 5) is 39.3. The third kappa shape index (κ3) is 18.8. The van der Waals surface area contributed by atoms with Crippen LogP contribution < -0.4 is 14.8 Å². The number of piperidine rings is 2. The van der Waals surface area contributed by atoms with E-state index in [4.69, 9.17) is 23.7 Å². The van der Waals surface area contributed by atoms with Gasteiger partial charge in [0.25, 0.3) is 0 Å². The average molecular weight is 1440 g/mol. The zero-order valence-corrected chi connectivity index (χ0v) is 58.0. The number of amides is 1. The monoisotopic (exact) mass is 1430 g/mol. The number of alkyl halides is 10. The molecule has 14 atom stereocenters. The molecule has 544 valence electrons. The number of aliphatic hydroxyl groups excluding tert-OH is 2. The number of carbonyl (C=O) groups excluding carboxylic acids is 3. The Hall–Kier alpha value is -3.98. The summed E-state index contributed by atoms with van der Waals surface area (Å²) in [5, 5.41) is 25.1. The zero-order valence-electron chi connectivity index (χ0n) is 55.5. The van der Waals surface area contributed by atoms with Crippen molar-refractivity contribution in [2.75, 3.05) is 49.2 Å². The summed E-state index contributed by atoms with van der Waals surface area (Å²) in [5.74, 6) is -6.61. The second kappa shape index (κ2) is 31.9. The van der Waals surface area contributed by atoms with E-state index in [0.29, 0.717) is 80.9 Å². The Morgan fingerprint density at radius 3 is 1.36 bits per heavy atom. The summed E-state index contributed by atoms with van der Waals surface area (Å²) in [6.07, 6.45) is -4.79. The molecule has 27 heteroatoms. The molecule has 0 spiro atoms. The van der Waals surface area contributed by atoms with Crippen LogP contribution in [0.3, 0.4) is 0 Å². The van der Waals surface area contributed by atoms with E-state index in [1.807, 2.05) is 24.3 Å². The number of likely N-dealkylation sites (tertiary alicyclic amines) is 1. The first-order valence-corrected chi connectivity index (χ1v) is 37.2. The molecule has 10 rings (SSSR count). The third-order valence-electron chi connectivity index (χ3n) is 22.4. The largest absolute Gasteiger partial charge is 0.514 e. The van der Waals surface area contributed by atoms with Gasteiger partial charge < -0.3 is 44.1 Å². The lowest BCUT2D eigenvalue weighted by molar-refractivity contribution is -0.284. The first-order chi connectivity index (χ1) is 44.6. The molecule has 2 unspecified atom stereocenters. The van der Waals surface area contributed by atoms with Crippen LogP contribution in [0.4, 0.5) is 58.3 Å². The number of rotatable bonds is 20. The van der Waals surface area contributed by atoms with Crippen molar-refractivity contribution in [1.29, 1.82) is 0 Å². The van der Waals surface area contributed by atoms with Gasteiger partial charge in [-0.2, -0.15) is 43.9 Å². The van der Waals surface area contributed by atoms with Crippen LogP contribution in [0.25, 0.3) is 0 Å². The molecule has 2 aromatic rings. The number of halogens is 11. The van der Waals surface area contributed by atoms with E-state index in [1.54, 1.807) is 31.7 Å². The Balaban J connectivity index is 0.000000246. The van der Waals surface area contributed by atoms with Gasteiger partial charge in [-0.25, -0.2) is 14.4 Å². The smallest absolute Gasteiger partial charge is 0.444 e. The number of hydrogen-bond donors (Lipinski definition) is 3. The molecule has 0 aromatic heterocycles. The SMILES string of the molecule is CC(C)(C)OC(=O)N1CCC(OC(=O)Oc2ccc3c(c2)C[C@@H](CCCS(=O)CCCC(F)(F)C(F)(F)F)[C@@H]2[C@@H]3CC[C@]3(C)[C@@H](O)CC[C@@H]23)CC1.C[C@]12CC[C@@H]3c4ccc(OC(=O)OC5CCNCC5)cc4C[C@@H](CCCS(=O)CCCC(F)(F)C(F)(F)F)[C@H]3[C@@H]1CC[C@@H]2O.Cl. The molecule has 4 saturated carbocycles. The fourth-order valence-electron chi connectivity index (χ4n) is 17.5. The van der Waals surface area contributed by atoms with Crippen molar-refractivity contribution in [3.8, 4) is 11.5 Å². The third-order valence-corrected chi connectivity index (χ3v) is 25.4. The Labute approximate surface area is 568 Å². The lowest BCUT2D eigenvalue weighted by Crippen LogP contribution is -2.47. The fraction of sp³-hybridized carbons (Fsp3) is 0.783. The van der Waals surface area contributed by atoms with Gasteiger partial charge in [-0.15, -0.1) is 12.4 Å². The summed E-state index contributed by atoms with van der Waals surface area (Å²) in [5.41, 5.74) is 3.63. The number of hydrogen-bond acceptors (Lipinski definition) is 13. The summed E-state index contributed by atoms with van der Waals surface area (Å²) < 4.78 is 181. The molecule has 8 aliphatic rings. The predicted molar refractivity (Wildman–Crippen MR) is 345 cm³/mol. The van der Waals surface area contributed by atoms with Crippen LogP contribution in [0.5, 0.6) is 11.5 Å². The highest BCUT2D eigenvalue weighted by molar-refractivity contribution is 7.85. The number of ether oxygens (including phenoxy) is 5. The predicted octanol–water partition coefficient (Wildman–Crippen LogP) is 15.9. The standard InChI is InChI=1S/C37H52F5NO7S.C32H44F5NO5S.ClH/c1-34(2,3)50-32(45)43-17-13-25(14-18-43)48-33(46)49-26-8-9-27-24(22-26)21-23(31-28(27)12-16-35(4)29(31)10-11-30(35)44)7-5-19-51(47)20-6-15-36(38,39)37(40,41)42;1-30-13-9-25-24-6-5-23(43-29(40)42-22-10-14-38-15-11-22)19-21(24)18-20(28(25)26(30)7-8-27(30)39)4-2-16-44(41)17-3-12-31(33,34)32(35,36)37;/h8-9,22-23,25,28-31,44H,5-7,10-21H2,1-4H3;5-6,19-20,22,25-28,38-39H,2-4,7-18H2,1H3;1H/t23-,28-,29+,30+,31-,35+,51?;20-,25-,26+,27+,28-,30+,44?;/m11./s1. The van der Waals surface area contributed by atoms with Gasteiger partial charge in [0.15, 0.2) is 0 Å². The maximum Gasteiger partial charge on any atom is 0.514 e. The Kier molecular flexibility index (Phi) is 25.8. The molecule has 2 heterocycles. The van der Waals surface area contributed by atoms with E-state index >= 15 is 0 Å². The van der Waals surface area contributed by atoms with Crippen LogP contribution in [-0.2, 0) is 48.7 Å². The van der Waals surface area contributed by atoms with Crippen molar-refractivity contribution in [2.45, 2.75) is 242 Å². The van der Waals surface area contributed by atoms with Gasteiger partial charge in [0.2, 0.25) is 0 Å². The van der Waals surface area contributed by atoms with Crippen LogP contribution >= 0.6 is 12.4 Å². The maximum atomic E-state index is 13.3. The summed E-state index contributed by atoms with van der Waals surface area (Å²) in [6.45, 7) is 12.2. The van der Waals surface area contributed by atoms with E-state index in [-0.39, 0.29) is 94.1 Å². The lowest BCUT2D eigenvalue weighted by Gasteiger charge is -2.53. The van der Waals surface area contributed by atoms with Crippen LogP contribution in [0, 0.1) is 46.3 Å². The minimum absolute atomic E-state index is 0. The number of benzene rings is 2. The van der Waals surface area contributed by atoms with Crippen LogP contribution in [0.1, 0.15) is 197 Å². The molecule has 0 radical (unpaired) electrons. The molecule has 6 fully saturated rings. The molecular weight excluding hydrogens is 1340 g/mol. The highest BCUT2D eigenvalue weighted by atomic mass is 35.5. The van der Waals surface area contributed by atoms with Crippen LogP contribution in [0.15, 0.2) is 36.4 Å². The highest BCUT2D eigenvalue weighted by Crippen LogP contribution is 2.65. The van der Waals surface area contributed by atoms with Crippen molar-refractivity contribution in [3.63, 3.8) is 0 Å². The fourth-order valence-corrected chi connectivity index (χ4v) is 19.8. The number of carbonyl (C=O) groups is 3. The molecule has 14 nitrogen and oxygen atoms in total. The molecule has 1 amide bonds. The van der Waals surface area contributed by atoms with E-state index in [2.05, 4.69) is 25.2 Å². The summed E-state index contributed by atoms with van der Waals surface area (Å²) >= 11 is 0. The van der Waals surface area contributed by atoms with E-state index in [9.17, 15) is 76.9 Å². The normalized spacial score (nSPS) is 29.9. The van der Waals surface area contributed by atoms with Gasteiger partial charge in [0.05, 0.1) is 12.2 Å². The second-order valence-electron chi connectivity index (χ2n) is 29.7. The second-order valence-corrected chi connectivity index (χ2v) is 33.0. The van der Waals surface area contributed by atoms with Crippen LogP contribution in [0.2, 0.25) is 0 Å². The van der Waals surface area contributed by atoms with E-state index in [1.165, 1.54) is 11.1 Å². The quantitative estimate of drug-likeness (QED) is 0.0492. The van der Waals surface area contributed by atoms with Crippen molar-refractivity contribution in [2.24, 2.45) is 46.3 Å². The first kappa shape index (κ1) is 77.8. The molecular formula is C69H97ClF10N2O12S2. The minimum atomic E-state index is -5.61. The molecule has 0 bridgehead atoms. The number of fused-ring (bicyclic) bond motifs is 10. The summed E-state index contributed by atoms with van der Waals surface area (Å²) in [7, 11) is -3.01. The van der Waals surface area contributed by atoms with Crippen molar-refractivity contribution in [1.82, 2.24) is 10.2 Å². The lowest BCUT2D eigenvalue weighted by atomic mass is 9.52. The van der Waals surface area contributed by atoms with Crippen molar-refractivity contribution in [3.05, 3.63) is 58.7 Å². The van der Waals surface area contributed by atoms with Gasteiger partial charge in [0.1, 0.15) is 29.3 Å². The average Bonchev–Trinajstić information content (AvgIpc) is 1.41. The Morgan fingerprint density at radius 1 is 0.573 bits per heavy atom. The first-order valence-electron chi connectivity index (χ1n) is 34.2. The number of nitrogens with zero attached hydrogens (tertiary/aromatic N) is 1. The molecule has 2 saturated heterocycles. The number of nitrogens with one attached hydrogen (secondary N) is 1.